The summed E-state index contributed by atoms with van der Waals surface area (Å²) in [5.41, 5.74) is -0.0440. The Bertz CT molecular complexity index is 240. The minimum absolute atomic E-state index is 0.0440. The van der Waals surface area contributed by atoms with Gasteiger partial charge in [0.2, 0.25) is 5.76 Å². The van der Waals surface area contributed by atoms with Crippen LogP contribution in [0.2, 0.25) is 0 Å². The zero-order valence-corrected chi connectivity index (χ0v) is 5.70. The minimum atomic E-state index is -4.41. The number of halogens is 3. The maximum Gasteiger partial charge on any atom is 0.451 e. The molecular weight excluding hydrogens is 159 g/mol. The van der Waals surface area contributed by atoms with E-state index >= 15 is 0 Å². The summed E-state index contributed by atoms with van der Waals surface area (Å²) in [5.74, 6) is -0.986. The largest absolute Gasteiger partial charge is 0.458 e. The van der Waals surface area contributed by atoms with Crippen LogP contribution in [-0.4, -0.2) is 7.05 Å². The van der Waals surface area contributed by atoms with Crippen LogP contribution in [0.3, 0.4) is 0 Å². The lowest BCUT2D eigenvalue weighted by Gasteiger charge is -2.04. The predicted molar refractivity (Wildman–Crippen MR) is 33.3 cm³/mol. The van der Waals surface area contributed by atoms with Gasteiger partial charge in [0.15, 0.2) is 0 Å². The van der Waals surface area contributed by atoms with Gasteiger partial charge in [-0.1, -0.05) is 0 Å². The van der Waals surface area contributed by atoms with E-state index in [0.717, 1.165) is 6.26 Å². The molecule has 0 unspecified atom stereocenters. The summed E-state index contributed by atoms with van der Waals surface area (Å²) in [6.45, 7) is 0. The summed E-state index contributed by atoms with van der Waals surface area (Å²) < 4.78 is 40.0. The second-order valence-corrected chi connectivity index (χ2v) is 1.91. The Morgan fingerprint density at radius 2 is 2.09 bits per heavy atom. The molecule has 1 N–H and O–H groups in total. The van der Waals surface area contributed by atoms with Crippen LogP contribution in [0, 0.1) is 0 Å². The number of hydrogen-bond donors (Lipinski definition) is 1. The Morgan fingerprint density at radius 3 is 2.45 bits per heavy atom. The van der Waals surface area contributed by atoms with E-state index in [1.54, 1.807) is 0 Å². The molecule has 0 spiro atoms. The summed E-state index contributed by atoms with van der Waals surface area (Å²) in [4.78, 5) is 0. The van der Waals surface area contributed by atoms with Gasteiger partial charge in [0.05, 0.1) is 12.0 Å². The van der Waals surface area contributed by atoms with Crippen LogP contribution in [0.4, 0.5) is 18.9 Å². The molecule has 2 nitrogen and oxygen atoms in total. The highest BCUT2D eigenvalue weighted by molar-refractivity contribution is 5.46. The van der Waals surface area contributed by atoms with E-state index in [9.17, 15) is 13.2 Å². The average Bonchev–Trinajstić information content (AvgIpc) is 2.31. The second kappa shape index (κ2) is 2.48. The highest BCUT2D eigenvalue weighted by atomic mass is 19.4. The van der Waals surface area contributed by atoms with Crippen molar-refractivity contribution in [1.29, 1.82) is 0 Å². The van der Waals surface area contributed by atoms with Crippen LogP contribution in [0.5, 0.6) is 0 Å². The van der Waals surface area contributed by atoms with E-state index in [4.69, 9.17) is 0 Å². The molecule has 0 saturated heterocycles. The van der Waals surface area contributed by atoms with Crippen LogP contribution in [0.15, 0.2) is 16.7 Å². The normalized spacial score (nSPS) is 11.6. The van der Waals surface area contributed by atoms with E-state index in [0.29, 0.717) is 0 Å². The number of rotatable bonds is 1. The molecule has 0 aliphatic heterocycles. The standard InChI is InChI=1S/C6H6F3NO/c1-10-4-2-3-11-5(4)6(7,8)9/h2-3,10H,1H3. The number of alkyl halides is 3. The molecule has 1 aromatic heterocycles. The predicted octanol–water partition coefficient (Wildman–Crippen LogP) is 2.34. The third-order valence-electron chi connectivity index (χ3n) is 1.19. The Balaban J connectivity index is 3.02. The molecule has 0 aromatic carbocycles. The summed E-state index contributed by atoms with van der Waals surface area (Å²) in [5, 5.41) is 2.37. The first-order chi connectivity index (χ1) is 5.05. The molecule has 1 rings (SSSR count). The lowest BCUT2D eigenvalue weighted by Crippen LogP contribution is -2.06. The minimum Gasteiger partial charge on any atom is -0.458 e. The van der Waals surface area contributed by atoms with E-state index in [1.165, 1.54) is 13.1 Å². The van der Waals surface area contributed by atoms with E-state index in [2.05, 4.69) is 9.73 Å². The molecule has 0 aliphatic rings. The van der Waals surface area contributed by atoms with Gasteiger partial charge >= 0.3 is 6.18 Å². The number of hydrogen-bond acceptors (Lipinski definition) is 2. The zero-order valence-electron chi connectivity index (χ0n) is 5.70. The van der Waals surface area contributed by atoms with Gasteiger partial charge < -0.3 is 9.73 Å². The molecule has 0 aliphatic carbocycles. The van der Waals surface area contributed by atoms with Crippen molar-refractivity contribution in [3.63, 3.8) is 0 Å². The molecule has 0 saturated carbocycles. The highest BCUT2D eigenvalue weighted by Crippen LogP contribution is 2.34. The maximum absolute atomic E-state index is 11.9. The Hall–Kier alpha value is -1.13. The number of nitrogens with one attached hydrogen (secondary N) is 1. The molecule has 0 fully saturated rings. The van der Waals surface area contributed by atoms with Crippen LogP contribution in [0.25, 0.3) is 0 Å². The zero-order chi connectivity index (χ0) is 8.48. The summed E-state index contributed by atoms with van der Waals surface area (Å²) in [6, 6.07) is 1.23. The van der Waals surface area contributed by atoms with Gasteiger partial charge in [-0.05, 0) is 0 Å². The van der Waals surface area contributed by atoms with Crippen molar-refractivity contribution >= 4 is 5.69 Å². The Kier molecular flexibility index (Phi) is 1.80. The smallest absolute Gasteiger partial charge is 0.451 e. The van der Waals surface area contributed by atoms with Crippen molar-refractivity contribution in [2.24, 2.45) is 0 Å². The molecule has 1 aromatic rings. The fourth-order valence-corrected chi connectivity index (χ4v) is 0.726. The monoisotopic (exact) mass is 165 g/mol. The number of anilines is 1. The van der Waals surface area contributed by atoms with Crippen LogP contribution >= 0.6 is 0 Å². The molecule has 0 atom stereocenters. The first-order valence-electron chi connectivity index (χ1n) is 2.88. The number of furan rings is 1. The van der Waals surface area contributed by atoms with Crippen molar-refractivity contribution in [3.05, 3.63) is 18.1 Å². The molecule has 0 bridgehead atoms. The molecule has 0 radical (unpaired) electrons. The van der Waals surface area contributed by atoms with Gasteiger partial charge in [-0.15, -0.1) is 0 Å². The third kappa shape index (κ3) is 1.47. The summed E-state index contributed by atoms with van der Waals surface area (Å²) >= 11 is 0. The summed E-state index contributed by atoms with van der Waals surface area (Å²) in [7, 11) is 1.40. The van der Waals surface area contributed by atoms with Gasteiger partial charge in [0, 0.05) is 13.1 Å². The summed E-state index contributed by atoms with van der Waals surface area (Å²) in [6.07, 6.45) is -3.42. The molecule has 5 heteroatoms. The quantitative estimate of drug-likeness (QED) is 0.690. The molecule has 1 heterocycles. The third-order valence-corrected chi connectivity index (χ3v) is 1.19. The Morgan fingerprint density at radius 1 is 1.45 bits per heavy atom. The topological polar surface area (TPSA) is 25.2 Å². The van der Waals surface area contributed by atoms with Gasteiger partial charge in [0.1, 0.15) is 0 Å². The molecule has 62 valence electrons. The van der Waals surface area contributed by atoms with Crippen LogP contribution < -0.4 is 5.32 Å². The van der Waals surface area contributed by atoms with Crippen molar-refractivity contribution in [3.8, 4) is 0 Å². The maximum atomic E-state index is 11.9. The van der Waals surface area contributed by atoms with Crippen LogP contribution in [-0.2, 0) is 6.18 Å². The average molecular weight is 165 g/mol. The second-order valence-electron chi connectivity index (χ2n) is 1.91. The fourth-order valence-electron chi connectivity index (χ4n) is 0.726. The molecule has 11 heavy (non-hydrogen) atoms. The first-order valence-corrected chi connectivity index (χ1v) is 2.88. The molecular formula is C6H6F3NO. The highest BCUT2D eigenvalue weighted by Gasteiger charge is 2.37. The van der Waals surface area contributed by atoms with Crippen LogP contribution in [0.1, 0.15) is 5.76 Å². The van der Waals surface area contributed by atoms with Crippen molar-refractivity contribution in [2.45, 2.75) is 6.18 Å². The van der Waals surface area contributed by atoms with Gasteiger partial charge in [-0.3, -0.25) is 0 Å². The first kappa shape index (κ1) is 7.97. The lowest BCUT2D eigenvalue weighted by atomic mass is 10.4. The van der Waals surface area contributed by atoms with Gasteiger partial charge in [0.25, 0.3) is 0 Å². The SMILES string of the molecule is CNc1ccoc1C(F)(F)F. The van der Waals surface area contributed by atoms with Gasteiger partial charge in [-0.2, -0.15) is 13.2 Å². The van der Waals surface area contributed by atoms with Crippen molar-refractivity contribution < 1.29 is 17.6 Å². The lowest BCUT2D eigenvalue weighted by molar-refractivity contribution is -0.152. The van der Waals surface area contributed by atoms with E-state index in [-0.39, 0.29) is 5.69 Å². The Labute approximate surface area is 61.0 Å². The van der Waals surface area contributed by atoms with E-state index < -0.39 is 11.9 Å². The molecule has 0 amide bonds. The van der Waals surface area contributed by atoms with E-state index in [1.807, 2.05) is 0 Å². The van der Waals surface area contributed by atoms with Crippen molar-refractivity contribution in [2.75, 3.05) is 12.4 Å². The fraction of sp³-hybridized carbons (Fsp3) is 0.333. The van der Waals surface area contributed by atoms with Gasteiger partial charge in [-0.25, -0.2) is 0 Å². The van der Waals surface area contributed by atoms with Crippen molar-refractivity contribution in [1.82, 2.24) is 0 Å².